The lowest BCUT2D eigenvalue weighted by Gasteiger charge is -2.12. The van der Waals surface area contributed by atoms with Crippen LogP contribution in [0.15, 0.2) is 24.3 Å². The molecule has 0 bridgehead atoms. The van der Waals surface area contributed by atoms with Crippen molar-refractivity contribution in [2.45, 2.75) is 37.5 Å². The molecule has 0 atom stereocenters. The second-order valence-corrected chi connectivity index (χ2v) is 7.71. The number of hydrogen-bond acceptors (Lipinski definition) is 3. The first kappa shape index (κ1) is 15.3. The van der Waals surface area contributed by atoms with E-state index in [2.05, 4.69) is 5.32 Å². The van der Waals surface area contributed by atoms with E-state index in [4.69, 9.17) is 11.6 Å². The summed E-state index contributed by atoms with van der Waals surface area (Å²) < 4.78 is 24.0. The molecule has 1 aliphatic carbocycles. The molecule has 0 unspecified atom stereocenters. The maximum Gasteiger partial charge on any atom is 0.235 e. The Hall–Kier alpha value is -1.07. The first-order chi connectivity index (χ1) is 9.44. The Bertz CT molecular complexity index is 580. The van der Waals surface area contributed by atoms with Gasteiger partial charge in [0.15, 0.2) is 9.84 Å². The molecule has 0 spiro atoms. The van der Waals surface area contributed by atoms with E-state index in [0.717, 1.165) is 25.7 Å². The first-order valence-corrected chi connectivity index (χ1v) is 8.89. The molecular formula is C14H18ClNO3S. The Labute approximate surface area is 124 Å². The van der Waals surface area contributed by atoms with Gasteiger partial charge < -0.3 is 5.32 Å². The van der Waals surface area contributed by atoms with Gasteiger partial charge in [0, 0.05) is 11.1 Å². The van der Waals surface area contributed by atoms with Gasteiger partial charge in [-0.2, -0.15) is 0 Å². The van der Waals surface area contributed by atoms with Crippen LogP contribution < -0.4 is 5.32 Å². The van der Waals surface area contributed by atoms with Gasteiger partial charge >= 0.3 is 0 Å². The highest BCUT2D eigenvalue weighted by Gasteiger charge is 2.22. The van der Waals surface area contributed by atoms with E-state index in [1.165, 1.54) is 0 Å². The van der Waals surface area contributed by atoms with Crippen LogP contribution in [0.1, 0.15) is 31.2 Å². The molecule has 0 aliphatic heterocycles. The number of sulfone groups is 1. The SMILES string of the molecule is O=C(CS(=O)(=O)Cc1cccc(Cl)c1)NC1CCCC1. The highest BCUT2D eigenvalue weighted by molar-refractivity contribution is 7.91. The van der Waals surface area contributed by atoms with E-state index in [0.29, 0.717) is 10.6 Å². The third-order valence-corrected chi connectivity index (χ3v) is 5.06. The lowest BCUT2D eigenvalue weighted by atomic mass is 10.2. The normalized spacial score (nSPS) is 16.2. The van der Waals surface area contributed by atoms with Crippen LogP contribution in [0, 0.1) is 0 Å². The highest BCUT2D eigenvalue weighted by atomic mass is 35.5. The van der Waals surface area contributed by atoms with E-state index >= 15 is 0 Å². The van der Waals surface area contributed by atoms with Crippen LogP contribution in [0.2, 0.25) is 5.02 Å². The fraction of sp³-hybridized carbons (Fsp3) is 0.500. The van der Waals surface area contributed by atoms with E-state index in [9.17, 15) is 13.2 Å². The molecule has 0 heterocycles. The van der Waals surface area contributed by atoms with Crippen molar-refractivity contribution in [3.63, 3.8) is 0 Å². The third-order valence-electron chi connectivity index (χ3n) is 3.35. The number of amides is 1. The summed E-state index contributed by atoms with van der Waals surface area (Å²) in [7, 11) is -3.46. The van der Waals surface area contributed by atoms with Crippen molar-refractivity contribution in [1.82, 2.24) is 5.32 Å². The van der Waals surface area contributed by atoms with E-state index in [1.807, 2.05) is 0 Å². The first-order valence-electron chi connectivity index (χ1n) is 6.69. The molecule has 1 aromatic rings. The largest absolute Gasteiger partial charge is 0.352 e. The topological polar surface area (TPSA) is 63.2 Å². The molecule has 1 fully saturated rings. The summed E-state index contributed by atoms with van der Waals surface area (Å²) >= 11 is 5.82. The van der Waals surface area contributed by atoms with Crippen molar-refractivity contribution in [2.24, 2.45) is 0 Å². The number of nitrogens with one attached hydrogen (secondary N) is 1. The number of rotatable bonds is 5. The molecule has 0 saturated heterocycles. The molecule has 0 aromatic heterocycles. The van der Waals surface area contributed by atoms with Crippen LogP contribution in [-0.4, -0.2) is 26.1 Å². The Morgan fingerprint density at radius 3 is 2.65 bits per heavy atom. The quantitative estimate of drug-likeness (QED) is 0.907. The number of carbonyl (C=O) groups excluding carboxylic acids is 1. The zero-order valence-electron chi connectivity index (χ0n) is 11.1. The van der Waals surface area contributed by atoms with Crippen molar-refractivity contribution in [3.8, 4) is 0 Å². The Kier molecular flexibility index (Phi) is 5.05. The molecule has 0 radical (unpaired) electrons. The van der Waals surface area contributed by atoms with Gasteiger partial charge in [-0.15, -0.1) is 0 Å². The van der Waals surface area contributed by atoms with Crippen LogP contribution >= 0.6 is 11.6 Å². The second-order valence-electron chi connectivity index (χ2n) is 5.21. The summed E-state index contributed by atoms with van der Waals surface area (Å²) in [6.45, 7) is 0. The van der Waals surface area contributed by atoms with Gasteiger partial charge in [-0.25, -0.2) is 8.42 Å². The smallest absolute Gasteiger partial charge is 0.235 e. The maximum atomic E-state index is 12.0. The Morgan fingerprint density at radius 2 is 2.00 bits per heavy atom. The van der Waals surface area contributed by atoms with Crippen molar-refractivity contribution >= 4 is 27.3 Å². The zero-order chi connectivity index (χ0) is 14.6. The molecule has 6 heteroatoms. The highest BCUT2D eigenvalue weighted by Crippen LogP contribution is 2.18. The van der Waals surface area contributed by atoms with Crippen molar-refractivity contribution in [3.05, 3.63) is 34.9 Å². The van der Waals surface area contributed by atoms with Crippen LogP contribution in [0.4, 0.5) is 0 Å². The predicted molar refractivity (Wildman–Crippen MR) is 79.3 cm³/mol. The fourth-order valence-corrected chi connectivity index (χ4v) is 3.96. The van der Waals surface area contributed by atoms with Crippen LogP contribution in [0.3, 0.4) is 0 Å². The number of carbonyl (C=O) groups is 1. The molecule has 110 valence electrons. The average molecular weight is 316 g/mol. The maximum absolute atomic E-state index is 12.0. The summed E-state index contributed by atoms with van der Waals surface area (Å²) in [5.41, 5.74) is 0.603. The van der Waals surface area contributed by atoms with Gasteiger partial charge in [0.2, 0.25) is 5.91 Å². The molecule has 1 N–H and O–H groups in total. The minimum Gasteiger partial charge on any atom is -0.352 e. The van der Waals surface area contributed by atoms with E-state index in [1.54, 1.807) is 24.3 Å². The number of benzene rings is 1. The Morgan fingerprint density at radius 1 is 1.30 bits per heavy atom. The molecule has 1 saturated carbocycles. The van der Waals surface area contributed by atoms with Crippen LogP contribution in [0.5, 0.6) is 0 Å². The molecule has 20 heavy (non-hydrogen) atoms. The van der Waals surface area contributed by atoms with E-state index in [-0.39, 0.29) is 11.8 Å². The summed E-state index contributed by atoms with van der Waals surface area (Å²) in [4.78, 5) is 11.8. The van der Waals surface area contributed by atoms with Gasteiger partial charge in [-0.05, 0) is 30.5 Å². The molecule has 1 aliphatic rings. The van der Waals surface area contributed by atoms with Crippen molar-refractivity contribution in [2.75, 3.05) is 5.75 Å². The van der Waals surface area contributed by atoms with Crippen LogP contribution in [-0.2, 0) is 20.4 Å². The lowest BCUT2D eigenvalue weighted by molar-refractivity contribution is -0.119. The van der Waals surface area contributed by atoms with Gasteiger partial charge in [0.25, 0.3) is 0 Å². The second kappa shape index (κ2) is 6.59. The lowest BCUT2D eigenvalue weighted by Crippen LogP contribution is -2.37. The monoisotopic (exact) mass is 315 g/mol. The zero-order valence-corrected chi connectivity index (χ0v) is 12.7. The fourth-order valence-electron chi connectivity index (χ4n) is 2.47. The minimum atomic E-state index is -3.46. The van der Waals surface area contributed by atoms with Gasteiger partial charge in [0.1, 0.15) is 5.75 Å². The van der Waals surface area contributed by atoms with Gasteiger partial charge in [0.05, 0.1) is 5.75 Å². The summed E-state index contributed by atoms with van der Waals surface area (Å²) in [5.74, 6) is -1.03. The molecule has 2 rings (SSSR count). The third kappa shape index (κ3) is 4.80. The standard InChI is InChI=1S/C14H18ClNO3S/c15-12-5-3-4-11(8-12)9-20(18,19)10-14(17)16-13-6-1-2-7-13/h3-5,8,13H,1-2,6-7,9-10H2,(H,16,17). The van der Waals surface area contributed by atoms with E-state index < -0.39 is 21.5 Å². The molecule has 1 aromatic carbocycles. The molecule has 4 nitrogen and oxygen atoms in total. The Balaban J connectivity index is 1.91. The molecule has 1 amide bonds. The van der Waals surface area contributed by atoms with Crippen molar-refractivity contribution in [1.29, 1.82) is 0 Å². The number of halogens is 1. The van der Waals surface area contributed by atoms with Gasteiger partial charge in [-0.3, -0.25) is 4.79 Å². The average Bonchev–Trinajstić information content (AvgIpc) is 2.79. The summed E-state index contributed by atoms with van der Waals surface area (Å²) in [6.07, 6.45) is 4.08. The number of hydrogen-bond donors (Lipinski definition) is 1. The molecular weight excluding hydrogens is 298 g/mol. The summed E-state index contributed by atoms with van der Waals surface area (Å²) in [5, 5.41) is 3.28. The minimum absolute atomic E-state index is 0.142. The van der Waals surface area contributed by atoms with Gasteiger partial charge in [-0.1, -0.05) is 36.6 Å². The predicted octanol–water partition coefficient (Wildman–Crippen LogP) is 2.31. The summed E-state index contributed by atoms with van der Waals surface area (Å²) in [6, 6.07) is 6.83. The van der Waals surface area contributed by atoms with Crippen molar-refractivity contribution < 1.29 is 13.2 Å². The van der Waals surface area contributed by atoms with Crippen LogP contribution in [0.25, 0.3) is 0 Å².